The van der Waals surface area contributed by atoms with Gasteiger partial charge in [0.05, 0.1) is 0 Å². The minimum Gasteiger partial charge on any atom is -0.396 e. The zero-order valence-electron chi connectivity index (χ0n) is 10.2. The highest BCUT2D eigenvalue weighted by Crippen LogP contribution is 2.41. The van der Waals surface area contributed by atoms with Crippen LogP contribution in [0.3, 0.4) is 0 Å². The summed E-state index contributed by atoms with van der Waals surface area (Å²) < 4.78 is 0. The van der Waals surface area contributed by atoms with Gasteiger partial charge in [0.25, 0.3) is 0 Å². The van der Waals surface area contributed by atoms with E-state index in [-0.39, 0.29) is 5.41 Å². The predicted molar refractivity (Wildman–Crippen MR) is 62.8 cm³/mol. The first-order chi connectivity index (χ1) is 7.15. The largest absolute Gasteiger partial charge is 0.396 e. The Bertz CT molecular complexity index is 215. The average molecular weight is 211 g/mol. The quantitative estimate of drug-likeness (QED) is 0.771. The van der Waals surface area contributed by atoms with Crippen LogP contribution in [0.15, 0.2) is 0 Å². The van der Waals surface area contributed by atoms with Gasteiger partial charge in [-0.25, -0.2) is 0 Å². The maximum atomic E-state index is 9.68. The summed E-state index contributed by atoms with van der Waals surface area (Å²) in [5.74, 6) is 0.804. The van der Waals surface area contributed by atoms with E-state index in [0.29, 0.717) is 6.61 Å². The fourth-order valence-corrected chi connectivity index (χ4v) is 3.28. The van der Waals surface area contributed by atoms with Crippen LogP contribution in [0.25, 0.3) is 0 Å². The molecule has 0 aliphatic heterocycles. The molecule has 0 aromatic heterocycles. The molecule has 0 heterocycles. The summed E-state index contributed by atoms with van der Waals surface area (Å²) in [4.78, 5) is 2.48. The summed E-state index contributed by atoms with van der Waals surface area (Å²) in [7, 11) is 2.23. The van der Waals surface area contributed by atoms with Crippen LogP contribution in [0.2, 0.25) is 0 Å². The molecular weight excluding hydrogens is 186 g/mol. The summed E-state index contributed by atoms with van der Waals surface area (Å²) in [6.07, 6.45) is 7.85. The van der Waals surface area contributed by atoms with Gasteiger partial charge in [-0.1, -0.05) is 19.8 Å². The van der Waals surface area contributed by atoms with E-state index in [2.05, 4.69) is 18.9 Å². The Morgan fingerprint density at radius 2 is 2.07 bits per heavy atom. The van der Waals surface area contributed by atoms with Crippen molar-refractivity contribution in [3.05, 3.63) is 0 Å². The Hall–Kier alpha value is -0.0800. The molecule has 0 radical (unpaired) electrons. The fraction of sp³-hybridized carbons (Fsp3) is 1.00. The van der Waals surface area contributed by atoms with Gasteiger partial charge in [-0.2, -0.15) is 0 Å². The van der Waals surface area contributed by atoms with Crippen molar-refractivity contribution in [3.8, 4) is 0 Å². The van der Waals surface area contributed by atoms with Gasteiger partial charge in [0, 0.05) is 24.6 Å². The summed E-state index contributed by atoms with van der Waals surface area (Å²) >= 11 is 0. The maximum Gasteiger partial charge on any atom is 0.0499 e. The lowest BCUT2D eigenvalue weighted by Crippen LogP contribution is -2.42. The number of hydrogen-bond acceptors (Lipinski definition) is 2. The van der Waals surface area contributed by atoms with E-state index in [4.69, 9.17) is 0 Å². The second kappa shape index (κ2) is 4.42. The molecule has 2 heteroatoms. The van der Waals surface area contributed by atoms with Gasteiger partial charge in [0.1, 0.15) is 0 Å². The lowest BCUT2D eigenvalue weighted by Gasteiger charge is -2.41. The molecule has 88 valence electrons. The molecule has 15 heavy (non-hydrogen) atoms. The third-order valence-corrected chi connectivity index (χ3v) is 4.28. The number of rotatable bonds is 4. The van der Waals surface area contributed by atoms with Gasteiger partial charge in [0.2, 0.25) is 0 Å². The van der Waals surface area contributed by atoms with Crippen LogP contribution in [-0.2, 0) is 0 Å². The van der Waals surface area contributed by atoms with Crippen molar-refractivity contribution >= 4 is 0 Å². The monoisotopic (exact) mass is 211 g/mol. The lowest BCUT2D eigenvalue weighted by molar-refractivity contribution is 0.0289. The summed E-state index contributed by atoms with van der Waals surface area (Å²) in [6, 6.07) is 0.825. The first kappa shape index (κ1) is 11.4. The van der Waals surface area contributed by atoms with Crippen LogP contribution in [0, 0.1) is 11.3 Å². The average Bonchev–Trinajstić information content (AvgIpc) is 3.00. The van der Waals surface area contributed by atoms with Gasteiger partial charge in [0.15, 0.2) is 0 Å². The molecule has 0 bridgehead atoms. The lowest BCUT2D eigenvalue weighted by atomic mass is 9.70. The molecule has 0 aromatic rings. The van der Waals surface area contributed by atoms with Crippen LogP contribution in [0.5, 0.6) is 0 Å². The van der Waals surface area contributed by atoms with Crippen molar-refractivity contribution < 1.29 is 5.11 Å². The van der Waals surface area contributed by atoms with E-state index >= 15 is 0 Å². The van der Waals surface area contributed by atoms with E-state index in [1.165, 1.54) is 38.5 Å². The van der Waals surface area contributed by atoms with Gasteiger partial charge in [-0.3, -0.25) is 0 Å². The van der Waals surface area contributed by atoms with Gasteiger partial charge >= 0.3 is 0 Å². The highest BCUT2D eigenvalue weighted by Gasteiger charge is 2.38. The highest BCUT2D eigenvalue weighted by atomic mass is 16.3. The molecule has 2 aliphatic carbocycles. The molecular formula is C13H25NO. The number of hydrogen-bond donors (Lipinski definition) is 1. The standard InChI is InChI=1S/C13H25NO/c1-11-4-3-7-13(8-11,10-15)9-14(2)12-5-6-12/h11-12,15H,3-10H2,1-2H3. The van der Waals surface area contributed by atoms with Crippen molar-refractivity contribution in [2.24, 2.45) is 11.3 Å². The third kappa shape index (κ3) is 2.73. The second-order valence-electron chi connectivity index (χ2n) is 6.01. The molecule has 1 N–H and O–H groups in total. The van der Waals surface area contributed by atoms with Crippen LogP contribution < -0.4 is 0 Å². The second-order valence-corrected chi connectivity index (χ2v) is 6.01. The molecule has 2 aliphatic rings. The van der Waals surface area contributed by atoms with Crippen LogP contribution >= 0.6 is 0 Å². The van der Waals surface area contributed by atoms with Gasteiger partial charge in [-0.05, 0) is 38.6 Å². The Balaban J connectivity index is 1.93. The number of aliphatic hydroxyl groups excluding tert-OH is 1. The van der Waals surface area contributed by atoms with E-state index in [0.717, 1.165) is 18.5 Å². The molecule has 2 atom stereocenters. The minimum atomic E-state index is 0.217. The maximum absolute atomic E-state index is 9.68. The predicted octanol–water partition coefficient (Wildman–Crippen LogP) is 2.27. The Morgan fingerprint density at radius 1 is 1.33 bits per heavy atom. The molecule has 0 amide bonds. The molecule has 0 aromatic carbocycles. The smallest absolute Gasteiger partial charge is 0.0499 e. The summed E-state index contributed by atoms with van der Waals surface area (Å²) in [5, 5.41) is 9.68. The first-order valence-electron chi connectivity index (χ1n) is 6.46. The van der Waals surface area contributed by atoms with Crippen molar-refractivity contribution in [2.45, 2.75) is 51.5 Å². The van der Waals surface area contributed by atoms with Crippen molar-refractivity contribution in [2.75, 3.05) is 20.2 Å². The molecule has 2 rings (SSSR count). The topological polar surface area (TPSA) is 23.5 Å². The minimum absolute atomic E-state index is 0.217. The third-order valence-electron chi connectivity index (χ3n) is 4.28. The molecule has 0 saturated heterocycles. The van der Waals surface area contributed by atoms with E-state index in [1.54, 1.807) is 0 Å². The van der Waals surface area contributed by atoms with Crippen LogP contribution in [-0.4, -0.2) is 36.2 Å². The number of aliphatic hydroxyl groups is 1. The van der Waals surface area contributed by atoms with Crippen molar-refractivity contribution in [1.29, 1.82) is 0 Å². The van der Waals surface area contributed by atoms with E-state index in [1.807, 2.05) is 0 Å². The van der Waals surface area contributed by atoms with Gasteiger partial charge in [-0.15, -0.1) is 0 Å². The normalized spacial score (nSPS) is 37.2. The summed E-state index contributed by atoms with van der Waals surface area (Å²) in [5.41, 5.74) is 0.217. The molecule has 2 saturated carbocycles. The molecule has 2 unspecified atom stereocenters. The fourth-order valence-electron chi connectivity index (χ4n) is 3.28. The summed E-state index contributed by atoms with van der Waals surface area (Å²) in [6.45, 7) is 3.83. The molecule has 2 fully saturated rings. The number of nitrogens with zero attached hydrogens (tertiary/aromatic N) is 1. The zero-order chi connectivity index (χ0) is 10.9. The van der Waals surface area contributed by atoms with Crippen LogP contribution in [0.4, 0.5) is 0 Å². The van der Waals surface area contributed by atoms with E-state index < -0.39 is 0 Å². The van der Waals surface area contributed by atoms with Gasteiger partial charge < -0.3 is 10.0 Å². The van der Waals surface area contributed by atoms with Crippen LogP contribution in [0.1, 0.15) is 45.4 Å². The Kier molecular flexibility index (Phi) is 3.36. The van der Waals surface area contributed by atoms with E-state index in [9.17, 15) is 5.11 Å². The molecule has 2 nitrogen and oxygen atoms in total. The first-order valence-corrected chi connectivity index (χ1v) is 6.46. The van der Waals surface area contributed by atoms with Crippen molar-refractivity contribution in [3.63, 3.8) is 0 Å². The Labute approximate surface area is 93.7 Å². The molecule has 0 spiro atoms. The highest BCUT2D eigenvalue weighted by molar-refractivity contribution is 4.91. The van der Waals surface area contributed by atoms with Crippen molar-refractivity contribution in [1.82, 2.24) is 4.90 Å². The SMILES string of the molecule is CC1CCCC(CO)(CN(C)C2CC2)C1. The Morgan fingerprint density at radius 3 is 2.60 bits per heavy atom. The zero-order valence-corrected chi connectivity index (χ0v) is 10.2.